The van der Waals surface area contributed by atoms with Crippen molar-refractivity contribution in [3.05, 3.63) is 65.2 Å². The Labute approximate surface area is 117 Å². The highest BCUT2D eigenvalue weighted by Gasteiger charge is 2.09. The summed E-state index contributed by atoms with van der Waals surface area (Å²) in [7, 11) is 0. The molecule has 0 unspecified atom stereocenters. The van der Waals surface area contributed by atoms with E-state index in [1.54, 1.807) is 18.2 Å². The quantitative estimate of drug-likeness (QED) is 0.664. The van der Waals surface area contributed by atoms with E-state index in [0.717, 1.165) is 5.56 Å². The third kappa shape index (κ3) is 3.23. The van der Waals surface area contributed by atoms with Crippen molar-refractivity contribution < 1.29 is 9.90 Å². The van der Waals surface area contributed by atoms with E-state index < -0.39 is 5.91 Å². The second-order valence-corrected chi connectivity index (χ2v) is 4.52. The summed E-state index contributed by atoms with van der Waals surface area (Å²) in [6.07, 6.45) is 0. The smallest absolute Gasteiger partial charge is 0.275 e. The fourth-order valence-corrected chi connectivity index (χ4v) is 1.72. The number of hydrogen-bond acceptors (Lipinski definition) is 3. The third-order valence-corrected chi connectivity index (χ3v) is 2.94. The Kier molecular flexibility index (Phi) is 4.15. The van der Waals surface area contributed by atoms with Gasteiger partial charge in [-0.2, -0.15) is 5.10 Å². The summed E-state index contributed by atoms with van der Waals surface area (Å²) in [4.78, 5) is 11.9. The SMILES string of the molecule is C/C(=N\NC(=O)c1ccccc1O)c1ccc(C)cc1. The lowest BCUT2D eigenvalue weighted by molar-refractivity contribution is 0.0952. The first-order valence-corrected chi connectivity index (χ1v) is 6.27. The van der Waals surface area contributed by atoms with E-state index in [9.17, 15) is 9.90 Å². The molecule has 0 radical (unpaired) electrons. The third-order valence-electron chi connectivity index (χ3n) is 2.94. The Bertz CT molecular complexity index is 646. The minimum atomic E-state index is -0.436. The number of aromatic hydroxyl groups is 1. The molecular weight excluding hydrogens is 252 g/mol. The summed E-state index contributed by atoms with van der Waals surface area (Å²) in [5.74, 6) is -0.497. The molecule has 0 spiro atoms. The van der Waals surface area contributed by atoms with Gasteiger partial charge in [-0.05, 0) is 31.5 Å². The summed E-state index contributed by atoms with van der Waals surface area (Å²) >= 11 is 0. The van der Waals surface area contributed by atoms with Crippen LogP contribution in [0.1, 0.15) is 28.4 Å². The molecule has 0 atom stereocenters. The Morgan fingerprint density at radius 2 is 1.75 bits per heavy atom. The van der Waals surface area contributed by atoms with Crippen molar-refractivity contribution in [3.8, 4) is 5.75 Å². The highest BCUT2D eigenvalue weighted by Crippen LogP contribution is 2.15. The topological polar surface area (TPSA) is 61.7 Å². The van der Waals surface area contributed by atoms with Crippen molar-refractivity contribution in [3.63, 3.8) is 0 Å². The van der Waals surface area contributed by atoms with Crippen molar-refractivity contribution in [2.24, 2.45) is 5.10 Å². The van der Waals surface area contributed by atoms with Gasteiger partial charge in [0.25, 0.3) is 5.91 Å². The minimum Gasteiger partial charge on any atom is -0.507 e. The van der Waals surface area contributed by atoms with Gasteiger partial charge in [-0.3, -0.25) is 4.79 Å². The molecule has 2 aromatic carbocycles. The number of phenols is 1. The van der Waals surface area contributed by atoms with Gasteiger partial charge in [-0.25, -0.2) is 5.43 Å². The largest absolute Gasteiger partial charge is 0.507 e. The van der Waals surface area contributed by atoms with Crippen molar-refractivity contribution in [2.75, 3.05) is 0 Å². The van der Waals surface area contributed by atoms with Crippen LogP contribution in [0.4, 0.5) is 0 Å². The van der Waals surface area contributed by atoms with Crippen LogP contribution in [0.25, 0.3) is 0 Å². The van der Waals surface area contributed by atoms with E-state index in [2.05, 4.69) is 10.5 Å². The molecule has 4 nitrogen and oxygen atoms in total. The number of rotatable bonds is 3. The van der Waals surface area contributed by atoms with Crippen LogP contribution in [0.3, 0.4) is 0 Å². The highest BCUT2D eigenvalue weighted by atomic mass is 16.3. The van der Waals surface area contributed by atoms with Crippen LogP contribution < -0.4 is 5.43 Å². The van der Waals surface area contributed by atoms with Crippen LogP contribution in [0.15, 0.2) is 53.6 Å². The molecule has 4 heteroatoms. The van der Waals surface area contributed by atoms with E-state index in [4.69, 9.17) is 0 Å². The zero-order valence-corrected chi connectivity index (χ0v) is 11.4. The summed E-state index contributed by atoms with van der Waals surface area (Å²) in [6, 6.07) is 14.2. The molecule has 0 aromatic heterocycles. The van der Waals surface area contributed by atoms with Crippen LogP contribution in [0.5, 0.6) is 5.75 Å². The molecule has 0 aliphatic rings. The molecule has 2 aromatic rings. The zero-order valence-electron chi connectivity index (χ0n) is 11.4. The molecule has 2 rings (SSSR count). The van der Waals surface area contributed by atoms with E-state index in [1.807, 2.05) is 38.1 Å². The van der Waals surface area contributed by atoms with Crippen LogP contribution in [0, 0.1) is 6.92 Å². The molecule has 0 aliphatic carbocycles. The number of phenolic OH excluding ortho intramolecular Hbond substituents is 1. The van der Waals surface area contributed by atoms with Crippen molar-refractivity contribution >= 4 is 11.6 Å². The normalized spacial score (nSPS) is 11.2. The van der Waals surface area contributed by atoms with Crippen LogP contribution in [-0.4, -0.2) is 16.7 Å². The summed E-state index contributed by atoms with van der Waals surface area (Å²) in [5.41, 5.74) is 5.45. The second kappa shape index (κ2) is 6.02. The lowest BCUT2D eigenvalue weighted by Gasteiger charge is -2.04. The Balaban J connectivity index is 2.11. The maximum absolute atomic E-state index is 11.9. The molecular formula is C16H16N2O2. The maximum atomic E-state index is 11.9. The van der Waals surface area contributed by atoms with Crippen LogP contribution in [-0.2, 0) is 0 Å². The lowest BCUT2D eigenvalue weighted by atomic mass is 10.1. The molecule has 102 valence electrons. The predicted molar refractivity (Wildman–Crippen MR) is 79.0 cm³/mol. The average molecular weight is 268 g/mol. The number of carbonyl (C=O) groups excluding carboxylic acids is 1. The fourth-order valence-electron chi connectivity index (χ4n) is 1.72. The van der Waals surface area contributed by atoms with Crippen LogP contribution >= 0.6 is 0 Å². The van der Waals surface area contributed by atoms with E-state index in [1.165, 1.54) is 11.6 Å². The van der Waals surface area contributed by atoms with Gasteiger partial charge < -0.3 is 5.11 Å². The zero-order chi connectivity index (χ0) is 14.5. The number of nitrogens with one attached hydrogen (secondary N) is 1. The van der Waals surface area contributed by atoms with Crippen molar-refractivity contribution in [2.45, 2.75) is 13.8 Å². The number of hydrazone groups is 1. The molecule has 0 heterocycles. The second-order valence-electron chi connectivity index (χ2n) is 4.52. The molecule has 0 saturated carbocycles. The molecule has 1 amide bonds. The number of benzene rings is 2. The molecule has 0 aliphatic heterocycles. The molecule has 0 bridgehead atoms. The number of carbonyl (C=O) groups is 1. The summed E-state index contributed by atoms with van der Waals surface area (Å²) < 4.78 is 0. The summed E-state index contributed by atoms with van der Waals surface area (Å²) in [6.45, 7) is 3.83. The van der Waals surface area contributed by atoms with E-state index >= 15 is 0 Å². The monoisotopic (exact) mass is 268 g/mol. The van der Waals surface area contributed by atoms with Crippen molar-refractivity contribution in [1.82, 2.24) is 5.43 Å². The lowest BCUT2D eigenvalue weighted by Crippen LogP contribution is -2.19. The standard InChI is InChI=1S/C16H16N2O2/c1-11-7-9-13(10-8-11)12(2)17-18-16(20)14-5-3-4-6-15(14)19/h3-10,19H,1-2H3,(H,18,20)/b17-12+. The predicted octanol–water partition coefficient (Wildman–Crippen LogP) is 2.85. The Hall–Kier alpha value is -2.62. The molecule has 0 fully saturated rings. The van der Waals surface area contributed by atoms with Gasteiger partial charge >= 0.3 is 0 Å². The maximum Gasteiger partial charge on any atom is 0.275 e. The van der Waals surface area contributed by atoms with Crippen LogP contribution in [0.2, 0.25) is 0 Å². The minimum absolute atomic E-state index is 0.0619. The molecule has 20 heavy (non-hydrogen) atoms. The number of aryl methyl sites for hydroxylation is 1. The van der Waals surface area contributed by atoms with Gasteiger partial charge in [0.05, 0.1) is 11.3 Å². The first-order valence-electron chi connectivity index (χ1n) is 6.27. The average Bonchev–Trinajstić information content (AvgIpc) is 2.45. The fraction of sp³-hybridized carbons (Fsp3) is 0.125. The number of hydrogen-bond donors (Lipinski definition) is 2. The first-order chi connectivity index (χ1) is 9.58. The van der Waals surface area contributed by atoms with E-state index in [0.29, 0.717) is 5.71 Å². The number of para-hydroxylation sites is 1. The van der Waals surface area contributed by atoms with Crippen molar-refractivity contribution in [1.29, 1.82) is 0 Å². The molecule has 0 saturated heterocycles. The number of nitrogens with zero attached hydrogens (tertiary/aromatic N) is 1. The summed E-state index contributed by atoms with van der Waals surface area (Å²) in [5, 5.41) is 13.6. The first kappa shape index (κ1) is 13.8. The number of amides is 1. The molecule has 2 N–H and O–H groups in total. The van der Waals surface area contributed by atoms with Gasteiger partial charge in [0, 0.05) is 0 Å². The van der Waals surface area contributed by atoms with E-state index in [-0.39, 0.29) is 11.3 Å². The van der Waals surface area contributed by atoms with Gasteiger partial charge in [0.1, 0.15) is 5.75 Å². The van der Waals surface area contributed by atoms with Gasteiger partial charge in [-0.15, -0.1) is 0 Å². The van der Waals surface area contributed by atoms with Gasteiger partial charge in [0.2, 0.25) is 0 Å². The highest BCUT2D eigenvalue weighted by molar-refractivity contribution is 6.01. The Morgan fingerprint density at radius 3 is 2.40 bits per heavy atom. The Morgan fingerprint density at radius 1 is 1.10 bits per heavy atom. The van der Waals surface area contributed by atoms with Gasteiger partial charge in [0.15, 0.2) is 0 Å². The van der Waals surface area contributed by atoms with Gasteiger partial charge in [-0.1, -0.05) is 42.0 Å².